The Morgan fingerprint density at radius 1 is 1.11 bits per heavy atom. The zero-order valence-corrected chi connectivity index (χ0v) is 22.4. The molecule has 0 bridgehead atoms. The first-order chi connectivity index (χ1) is 16.7. The number of thiocarbonyl (C=S) groups is 1. The van der Waals surface area contributed by atoms with Crippen molar-refractivity contribution in [1.29, 1.82) is 0 Å². The summed E-state index contributed by atoms with van der Waals surface area (Å²) in [6.07, 6.45) is 5.14. The van der Waals surface area contributed by atoms with Crippen LogP contribution in [0, 0.1) is 0 Å². The van der Waals surface area contributed by atoms with Crippen LogP contribution in [0.25, 0.3) is 5.57 Å². The minimum absolute atomic E-state index is 0.0814. The van der Waals surface area contributed by atoms with Crippen LogP contribution in [0.2, 0.25) is 5.02 Å². The van der Waals surface area contributed by atoms with Gasteiger partial charge < -0.3 is 15.1 Å². The summed E-state index contributed by atoms with van der Waals surface area (Å²) in [5.74, 6) is 0. The first-order valence-electron chi connectivity index (χ1n) is 12.1. The number of benzene rings is 2. The summed E-state index contributed by atoms with van der Waals surface area (Å²) in [5.41, 5.74) is 7.83. The number of hydrogen-bond acceptors (Lipinski definition) is 3. The highest BCUT2D eigenvalue weighted by molar-refractivity contribution is 7.80. The van der Waals surface area contributed by atoms with Gasteiger partial charge in [-0.15, -0.1) is 0 Å². The van der Waals surface area contributed by atoms with Crippen molar-refractivity contribution in [2.24, 2.45) is 0 Å². The van der Waals surface area contributed by atoms with Gasteiger partial charge in [0.1, 0.15) is 0 Å². The standard InChI is InChI=1S/C29H31ClN4S/c1-6-19-10-12-20(13-11-19)34-27(26(32-28(34)35)24-9-7-8-14-31-24)22-15-21-18(2)17-29(3,4)33(5)25(21)16-23(22)30/h7-17,26-27H,6H2,1-5H3,(H,32,35)/t26-,27-/m0/s1. The average Bonchev–Trinajstić information content (AvgIpc) is 3.19. The zero-order chi connectivity index (χ0) is 24.9. The van der Waals surface area contributed by atoms with Crippen molar-refractivity contribution in [2.45, 2.75) is 51.7 Å². The fourth-order valence-corrected chi connectivity index (χ4v) is 5.87. The number of rotatable bonds is 4. The normalized spacial score (nSPS) is 21.0. The second-order valence-corrected chi connectivity index (χ2v) is 10.7. The third-order valence-electron chi connectivity index (χ3n) is 7.37. The number of anilines is 2. The molecule has 35 heavy (non-hydrogen) atoms. The Morgan fingerprint density at radius 3 is 2.51 bits per heavy atom. The highest BCUT2D eigenvalue weighted by Gasteiger charge is 2.42. The van der Waals surface area contributed by atoms with E-state index in [1.54, 1.807) is 0 Å². The first-order valence-corrected chi connectivity index (χ1v) is 12.9. The smallest absolute Gasteiger partial charge is 0.174 e. The lowest BCUT2D eigenvalue weighted by atomic mass is 9.86. The van der Waals surface area contributed by atoms with E-state index in [-0.39, 0.29) is 17.6 Å². The molecule has 0 unspecified atom stereocenters. The van der Waals surface area contributed by atoms with Crippen LogP contribution in [0.4, 0.5) is 11.4 Å². The van der Waals surface area contributed by atoms with Gasteiger partial charge in [-0.25, -0.2) is 0 Å². The Morgan fingerprint density at radius 2 is 1.86 bits per heavy atom. The van der Waals surface area contributed by atoms with Crippen molar-refractivity contribution in [3.63, 3.8) is 0 Å². The highest BCUT2D eigenvalue weighted by Crippen LogP contribution is 2.47. The number of halogens is 1. The minimum Gasteiger partial charge on any atom is -0.365 e. The Balaban J connectivity index is 1.68. The largest absolute Gasteiger partial charge is 0.365 e. The van der Waals surface area contributed by atoms with Gasteiger partial charge in [0.2, 0.25) is 0 Å². The second kappa shape index (κ2) is 8.96. The first kappa shape index (κ1) is 23.8. The molecule has 0 amide bonds. The SMILES string of the molecule is CCc1ccc(N2C(=S)N[C@@H](c3ccccn3)[C@@H]2c2cc3c(cc2Cl)N(C)C(C)(C)C=C3C)cc1. The minimum atomic E-state index is -0.143. The number of hydrogen-bond donors (Lipinski definition) is 1. The number of pyridine rings is 1. The fourth-order valence-electron chi connectivity index (χ4n) is 5.26. The molecule has 4 nitrogen and oxygen atoms in total. The number of aromatic nitrogens is 1. The summed E-state index contributed by atoms with van der Waals surface area (Å²) in [5, 5.41) is 4.95. The van der Waals surface area contributed by atoms with Gasteiger partial charge in [0.15, 0.2) is 5.11 Å². The maximum Gasteiger partial charge on any atom is 0.174 e. The molecule has 0 radical (unpaired) electrons. The molecule has 2 aromatic carbocycles. The molecule has 1 aromatic heterocycles. The van der Waals surface area contributed by atoms with E-state index in [0.29, 0.717) is 5.11 Å². The molecule has 180 valence electrons. The molecule has 6 heteroatoms. The van der Waals surface area contributed by atoms with Crippen LogP contribution in [-0.2, 0) is 6.42 Å². The molecule has 0 aliphatic carbocycles. The van der Waals surface area contributed by atoms with E-state index in [1.807, 2.05) is 24.4 Å². The van der Waals surface area contributed by atoms with E-state index in [0.717, 1.165) is 34.1 Å². The van der Waals surface area contributed by atoms with E-state index in [1.165, 1.54) is 16.7 Å². The van der Waals surface area contributed by atoms with E-state index < -0.39 is 0 Å². The van der Waals surface area contributed by atoms with Gasteiger partial charge in [-0.3, -0.25) is 4.98 Å². The molecular weight excluding hydrogens is 472 g/mol. The summed E-state index contributed by atoms with van der Waals surface area (Å²) in [7, 11) is 2.13. The number of likely N-dealkylation sites (N-methyl/N-ethyl adjacent to an activating group) is 1. The maximum absolute atomic E-state index is 7.08. The van der Waals surface area contributed by atoms with E-state index in [9.17, 15) is 0 Å². The van der Waals surface area contributed by atoms with Gasteiger partial charge in [0.25, 0.3) is 0 Å². The molecule has 1 fully saturated rings. The summed E-state index contributed by atoms with van der Waals surface area (Å²) in [4.78, 5) is 9.16. The third kappa shape index (κ3) is 4.11. The summed E-state index contributed by atoms with van der Waals surface area (Å²) in [6.45, 7) is 8.79. The molecule has 1 saturated heterocycles. The van der Waals surface area contributed by atoms with Crippen molar-refractivity contribution < 1.29 is 0 Å². The average molecular weight is 503 g/mol. The summed E-state index contributed by atoms with van der Waals surface area (Å²) in [6, 6.07) is 18.7. The van der Waals surface area contributed by atoms with Gasteiger partial charge in [-0.2, -0.15) is 0 Å². The number of nitrogens with zero attached hydrogens (tertiary/aromatic N) is 3. The molecule has 5 rings (SSSR count). The van der Waals surface area contributed by atoms with Crippen molar-refractivity contribution >= 4 is 45.9 Å². The lowest BCUT2D eigenvalue weighted by Gasteiger charge is -2.41. The lowest BCUT2D eigenvalue weighted by molar-refractivity contribution is 0.567. The topological polar surface area (TPSA) is 31.4 Å². The van der Waals surface area contributed by atoms with Crippen LogP contribution in [0.15, 0.2) is 66.9 Å². The summed E-state index contributed by atoms with van der Waals surface area (Å²) >= 11 is 13.0. The Labute approximate surface area is 218 Å². The van der Waals surface area contributed by atoms with Crippen LogP contribution in [0.3, 0.4) is 0 Å². The third-order valence-corrected chi connectivity index (χ3v) is 8.02. The Bertz CT molecular complexity index is 1300. The zero-order valence-electron chi connectivity index (χ0n) is 20.8. The van der Waals surface area contributed by atoms with Gasteiger partial charge in [-0.1, -0.05) is 42.8 Å². The maximum atomic E-state index is 7.08. The van der Waals surface area contributed by atoms with E-state index in [4.69, 9.17) is 23.8 Å². The van der Waals surface area contributed by atoms with Crippen LogP contribution in [-0.4, -0.2) is 22.7 Å². The molecular formula is C29H31ClN4S. The van der Waals surface area contributed by atoms with Gasteiger partial charge in [-0.05, 0) is 92.5 Å². The summed E-state index contributed by atoms with van der Waals surface area (Å²) < 4.78 is 0. The molecule has 3 heterocycles. The van der Waals surface area contributed by atoms with Crippen LogP contribution in [0.1, 0.15) is 62.2 Å². The Hall–Kier alpha value is -2.89. The highest BCUT2D eigenvalue weighted by atomic mass is 35.5. The van der Waals surface area contributed by atoms with Gasteiger partial charge in [0, 0.05) is 35.2 Å². The van der Waals surface area contributed by atoms with E-state index >= 15 is 0 Å². The second-order valence-electron chi connectivity index (χ2n) is 9.95. The molecule has 0 spiro atoms. The fraction of sp³-hybridized carbons (Fsp3) is 0.310. The van der Waals surface area contributed by atoms with Crippen molar-refractivity contribution in [1.82, 2.24) is 10.3 Å². The predicted molar refractivity (Wildman–Crippen MR) is 151 cm³/mol. The number of allylic oxidation sites excluding steroid dienone is 1. The van der Waals surface area contributed by atoms with Gasteiger partial charge in [0.05, 0.1) is 23.3 Å². The van der Waals surface area contributed by atoms with E-state index in [2.05, 4.69) is 97.3 Å². The number of fused-ring (bicyclic) bond motifs is 1. The van der Waals surface area contributed by atoms with Crippen LogP contribution < -0.4 is 15.1 Å². The van der Waals surface area contributed by atoms with Crippen LogP contribution in [0.5, 0.6) is 0 Å². The lowest BCUT2D eigenvalue weighted by Crippen LogP contribution is -2.42. The monoisotopic (exact) mass is 502 g/mol. The number of aryl methyl sites for hydroxylation is 1. The van der Waals surface area contributed by atoms with Crippen molar-refractivity contribution in [3.8, 4) is 0 Å². The predicted octanol–water partition coefficient (Wildman–Crippen LogP) is 7.11. The molecule has 2 atom stereocenters. The molecule has 2 aliphatic rings. The quantitative estimate of drug-likeness (QED) is 0.384. The van der Waals surface area contributed by atoms with Crippen molar-refractivity contribution in [3.05, 3.63) is 94.3 Å². The van der Waals surface area contributed by atoms with Crippen LogP contribution >= 0.6 is 23.8 Å². The van der Waals surface area contributed by atoms with Gasteiger partial charge >= 0.3 is 0 Å². The molecule has 0 saturated carbocycles. The molecule has 2 aliphatic heterocycles. The Kier molecular flexibility index (Phi) is 6.10. The van der Waals surface area contributed by atoms with Crippen molar-refractivity contribution in [2.75, 3.05) is 16.8 Å². The molecule has 3 aromatic rings. The number of nitrogens with one attached hydrogen (secondary N) is 1. The molecule has 1 N–H and O–H groups in total.